The third-order valence-corrected chi connectivity index (χ3v) is 6.88. The van der Waals surface area contributed by atoms with Crippen LogP contribution in [-0.4, -0.2) is 42.4 Å². The van der Waals surface area contributed by atoms with E-state index < -0.39 is 22.0 Å². The number of benzene rings is 1. The lowest BCUT2D eigenvalue weighted by molar-refractivity contribution is -0.138. The standard InChI is InChI=1S/C17H19N3O5S/c1-25-15-7-4-6-12-11(15)9-14(17(21)22)20(12)26(23,24)16-10-18-19-8-3-2-5-13(16)19/h4,6-7,10,14H,2-3,5,8-9H2,1H3,(H,21,22). The highest BCUT2D eigenvalue weighted by molar-refractivity contribution is 7.93. The first kappa shape index (κ1) is 16.9. The predicted molar refractivity (Wildman–Crippen MR) is 93.0 cm³/mol. The molecule has 1 atom stereocenters. The second-order valence-corrected chi connectivity index (χ2v) is 8.24. The Morgan fingerprint density at radius 1 is 1.35 bits per heavy atom. The van der Waals surface area contributed by atoms with Gasteiger partial charge in [-0.25, -0.2) is 13.2 Å². The van der Waals surface area contributed by atoms with Gasteiger partial charge >= 0.3 is 5.97 Å². The highest BCUT2D eigenvalue weighted by Crippen LogP contribution is 2.42. The van der Waals surface area contributed by atoms with E-state index in [1.54, 1.807) is 22.9 Å². The summed E-state index contributed by atoms with van der Waals surface area (Å²) in [5.74, 6) is -0.698. The third-order valence-electron chi connectivity index (χ3n) is 5.01. The number of ether oxygens (including phenoxy) is 1. The summed E-state index contributed by atoms with van der Waals surface area (Å²) in [6.45, 7) is 0.678. The van der Waals surface area contributed by atoms with Gasteiger partial charge in [0.05, 0.1) is 24.7 Å². The monoisotopic (exact) mass is 377 g/mol. The zero-order valence-corrected chi connectivity index (χ0v) is 15.1. The zero-order valence-electron chi connectivity index (χ0n) is 14.3. The van der Waals surface area contributed by atoms with Gasteiger partial charge in [-0.3, -0.25) is 8.99 Å². The molecule has 2 aliphatic rings. The molecule has 0 aliphatic carbocycles. The summed E-state index contributed by atoms with van der Waals surface area (Å²) in [5, 5.41) is 13.8. The van der Waals surface area contributed by atoms with Crippen LogP contribution in [0.4, 0.5) is 5.69 Å². The molecule has 0 radical (unpaired) electrons. The van der Waals surface area contributed by atoms with E-state index >= 15 is 0 Å². The molecule has 3 heterocycles. The van der Waals surface area contributed by atoms with Crippen molar-refractivity contribution >= 4 is 21.7 Å². The first-order chi connectivity index (χ1) is 12.4. The second kappa shape index (κ2) is 6.01. The summed E-state index contributed by atoms with van der Waals surface area (Å²) in [6.07, 6.45) is 3.87. The summed E-state index contributed by atoms with van der Waals surface area (Å²) in [4.78, 5) is 11.9. The summed E-state index contributed by atoms with van der Waals surface area (Å²) in [6, 6.07) is 3.78. The number of carboxylic acid groups (broad SMARTS) is 1. The minimum absolute atomic E-state index is 0.0668. The van der Waals surface area contributed by atoms with Crippen LogP contribution in [0.2, 0.25) is 0 Å². The van der Waals surface area contributed by atoms with Gasteiger partial charge in [-0.2, -0.15) is 5.10 Å². The minimum Gasteiger partial charge on any atom is -0.496 e. The Morgan fingerprint density at radius 3 is 2.88 bits per heavy atom. The van der Waals surface area contributed by atoms with Crippen molar-refractivity contribution in [3.8, 4) is 5.75 Å². The Bertz CT molecular complexity index is 982. The van der Waals surface area contributed by atoms with Gasteiger partial charge in [0.1, 0.15) is 16.7 Å². The minimum atomic E-state index is -4.06. The van der Waals surface area contributed by atoms with Gasteiger partial charge in [0.15, 0.2) is 0 Å². The average molecular weight is 377 g/mol. The molecular weight excluding hydrogens is 358 g/mol. The fourth-order valence-corrected chi connectivity index (χ4v) is 5.63. The molecule has 1 N–H and O–H groups in total. The fraction of sp³-hybridized carbons (Fsp3) is 0.412. The van der Waals surface area contributed by atoms with Crippen LogP contribution in [0.15, 0.2) is 29.3 Å². The van der Waals surface area contributed by atoms with E-state index in [4.69, 9.17) is 4.74 Å². The van der Waals surface area contributed by atoms with E-state index in [2.05, 4.69) is 5.10 Å². The molecule has 138 valence electrons. The zero-order chi connectivity index (χ0) is 18.5. The lowest BCUT2D eigenvalue weighted by atomic mass is 10.1. The van der Waals surface area contributed by atoms with Gasteiger partial charge in [-0.05, 0) is 31.4 Å². The van der Waals surface area contributed by atoms with Crippen LogP contribution >= 0.6 is 0 Å². The normalized spacial score (nSPS) is 19.1. The van der Waals surface area contributed by atoms with Crippen LogP contribution in [-0.2, 0) is 34.2 Å². The van der Waals surface area contributed by atoms with Crippen LogP contribution in [0.1, 0.15) is 24.1 Å². The number of aromatic nitrogens is 2. The number of aliphatic carboxylic acids is 1. The summed E-state index contributed by atoms with van der Waals surface area (Å²) in [7, 11) is -2.57. The quantitative estimate of drug-likeness (QED) is 0.865. The maximum absolute atomic E-state index is 13.4. The average Bonchev–Trinajstić information content (AvgIpc) is 3.23. The predicted octanol–water partition coefficient (Wildman–Crippen LogP) is 1.43. The molecule has 26 heavy (non-hydrogen) atoms. The number of hydrogen-bond acceptors (Lipinski definition) is 5. The smallest absolute Gasteiger partial charge is 0.327 e. The summed E-state index contributed by atoms with van der Waals surface area (Å²) in [5.41, 5.74) is 1.59. The van der Waals surface area contributed by atoms with Crippen molar-refractivity contribution in [3.63, 3.8) is 0 Å². The number of carboxylic acids is 1. The van der Waals surface area contributed by atoms with Crippen molar-refractivity contribution in [1.29, 1.82) is 0 Å². The molecule has 0 spiro atoms. The molecular formula is C17H19N3O5S. The molecule has 4 rings (SSSR count). The van der Waals surface area contributed by atoms with Crippen LogP contribution in [0.25, 0.3) is 0 Å². The van der Waals surface area contributed by atoms with Crippen molar-refractivity contribution in [3.05, 3.63) is 35.7 Å². The number of fused-ring (bicyclic) bond motifs is 2. The molecule has 0 saturated heterocycles. The Labute approximate surface area is 151 Å². The first-order valence-electron chi connectivity index (χ1n) is 8.43. The lowest BCUT2D eigenvalue weighted by Gasteiger charge is -2.25. The lowest BCUT2D eigenvalue weighted by Crippen LogP contribution is -2.43. The van der Waals surface area contributed by atoms with E-state index in [0.29, 0.717) is 35.7 Å². The Morgan fingerprint density at radius 2 is 2.15 bits per heavy atom. The Balaban J connectivity index is 1.88. The fourth-order valence-electron chi connectivity index (χ4n) is 3.80. The number of nitrogens with zero attached hydrogens (tertiary/aromatic N) is 3. The summed E-state index contributed by atoms with van der Waals surface area (Å²) >= 11 is 0. The molecule has 1 unspecified atom stereocenters. The molecule has 1 aromatic heterocycles. The molecule has 0 saturated carbocycles. The van der Waals surface area contributed by atoms with Gasteiger partial charge in [0.2, 0.25) is 0 Å². The molecule has 0 bridgehead atoms. The van der Waals surface area contributed by atoms with Crippen molar-refractivity contribution in [1.82, 2.24) is 9.78 Å². The number of hydrogen-bond donors (Lipinski definition) is 1. The van der Waals surface area contributed by atoms with Gasteiger partial charge in [0, 0.05) is 18.5 Å². The molecule has 2 aliphatic heterocycles. The van der Waals surface area contributed by atoms with E-state index in [0.717, 1.165) is 17.1 Å². The van der Waals surface area contributed by atoms with Gasteiger partial charge in [0.25, 0.3) is 10.0 Å². The molecule has 0 fully saturated rings. The number of sulfonamides is 1. The molecule has 8 nitrogen and oxygen atoms in total. The van der Waals surface area contributed by atoms with E-state index in [1.807, 2.05) is 0 Å². The number of anilines is 1. The van der Waals surface area contributed by atoms with E-state index in [-0.39, 0.29) is 11.3 Å². The molecule has 0 amide bonds. The Kier molecular flexibility index (Phi) is 3.91. The van der Waals surface area contributed by atoms with Crippen molar-refractivity contribution < 1.29 is 23.1 Å². The van der Waals surface area contributed by atoms with Crippen molar-refractivity contribution in [2.24, 2.45) is 0 Å². The topological polar surface area (TPSA) is 102 Å². The molecule has 2 aromatic rings. The number of carbonyl (C=O) groups is 1. The molecule has 9 heteroatoms. The van der Waals surface area contributed by atoms with E-state index in [1.165, 1.54) is 13.3 Å². The largest absolute Gasteiger partial charge is 0.496 e. The van der Waals surface area contributed by atoms with Crippen LogP contribution < -0.4 is 9.04 Å². The summed E-state index contributed by atoms with van der Waals surface area (Å²) < 4.78 is 34.8. The number of methoxy groups -OCH3 is 1. The van der Waals surface area contributed by atoms with Crippen LogP contribution in [0.5, 0.6) is 5.75 Å². The Hall–Kier alpha value is -2.55. The SMILES string of the molecule is COc1cccc2c1CC(C(=O)O)N2S(=O)(=O)c1cnn2c1CCCC2. The van der Waals surface area contributed by atoms with Gasteiger partial charge in [-0.1, -0.05) is 6.07 Å². The second-order valence-electron chi connectivity index (χ2n) is 6.45. The van der Waals surface area contributed by atoms with Crippen LogP contribution in [0.3, 0.4) is 0 Å². The number of aryl methyl sites for hydroxylation is 1. The van der Waals surface area contributed by atoms with Crippen molar-refractivity contribution in [2.75, 3.05) is 11.4 Å². The van der Waals surface area contributed by atoms with Crippen LogP contribution in [0, 0.1) is 0 Å². The molecule has 1 aromatic carbocycles. The first-order valence-corrected chi connectivity index (χ1v) is 9.87. The highest BCUT2D eigenvalue weighted by atomic mass is 32.2. The number of rotatable bonds is 4. The van der Waals surface area contributed by atoms with Crippen molar-refractivity contribution in [2.45, 2.75) is 43.2 Å². The highest BCUT2D eigenvalue weighted by Gasteiger charge is 2.45. The maximum atomic E-state index is 13.4. The van der Waals surface area contributed by atoms with Gasteiger partial charge in [-0.15, -0.1) is 0 Å². The third kappa shape index (κ3) is 2.38. The van der Waals surface area contributed by atoms with Gasteiger partial charge < -0.3 is 9.84 Å². The van der Waals surface area contributed by atoms with E-state index in [9.17, 15) is 18.3 Å². The maximum Gasteiger partial charge on any atom is 0.327 e.